The summed E-state index contributed by atoms with van der Waals surface area (Å²) >= 11 is 0. The molecular weight excluding hydrogens is 405 g/mol. The normalized spacial score (nSPS) is 11.5. The molecule has 5 rings (SSSR count). The van der Waals surface area contributed by atoms with Crippen LogP contribution in [0.25, 0.3) is 33.1 Å². The van der Waals surface area contributed by atoms with E-state index < -0.39 is 23.4 Å². The van der Waals surface area contributed by atoms with Crippen LogP contribution in [0, 0.1) is 17.5 Å². The van der Waals surface area contributed by atoms with Gasteiger partial charge in [0.05, 0.1) is 23.8 Å². The van der Waals surface area contributed by atoms with Gasteiger partial charge in [0.2, 0.25) is 5.91 Å². The Labute approximate surface area is 174 Å². The van der Waals surface area contributed by atoms with Gasteiger partial charge in [-0.05, 0) is 36.4 Å². The topological polar surface area (TPSA) is 61.2 Å². The number of primary amides is 1. The molecule has 31 heavy (non-hydrogen) atoms. The molecule has 2 heterocycles. The van der Waals surface area contributed by atoms with Gasteiger partial charge in [0.1, 0.15) is 11.6 Å². The number of rotatable bonds is 4. The van der Waals surface area contributed by atoms with Gasteiger partial charge in [-0.2, -0.15) is 0 Å². The maximum absolute atomic E-state index is 14.4. The standard InChI is InChI=1S/C24H15F3N2O2/c25-15-9-14(23(27)18(26)11-15)12-29-19-4-1-3-17(24(28)30)22(19)16-7-6-13(10-20(16)29)21-5-2-8-31-21/h1-11H,12H2,(H2,28,30). The van der Waals surface area contributed by atoms with Crippen molar-refractivity contribution in [3.05, 3.63) is 95.5 Å². The lowest BCUT2D eigenvalue weighted by molar-refractivity contribution is 0.100. The second kappa shape index (κ2) is 7.05. The summed E-state index contributed by atoms with van der Waals surface area (Å²) in [6, 6.07) is 15.5. The van der Waals surface area contributed by atoms with E-state index >= 15 is 0 Å². The highest BCUT2D eigenvalue weighted by Gasteiger charge is 2.19. The van der Waals surface area contributed by atoms with Crippen molar-refractivity contribution < 1.29 is 22.4 Å². The Bertz CT molecular complexity index is 1470. The second-order valence-electron chi connectivity index (χ2n) is 7.22. The highest BCUT2D eigenvalue weighted by atomic mass is 19.2. The molecule has 0 aliphatic rings. The lowest BCUT2D eigenvalue weighted by Crippen LogP contribution is -2.11. The number of carbonyl (C=O) groups is 1. The molecule has 3 aromatic carbocycles. The number of nitrogens with two attached hydrogens (primary N) is 1. The van der Waals surface area contributed by atoms with Crippen LogP contribution in [-0.2, 0) is 6.54 Å². The van der Waals surface area contributed by atoms with Gasteiger partial charge in [-0.1, -0.05) is 18.2 Å². The quantitative estimate of drug-likeness (QED) is 0.384. The molecule has 0 fully saturated rings. The number of fused-ring (bicyclic) bond motifs is 3. The zero-order valence-electron chi connectivity index (χ0n) is 16.0. The van der Waals surface area contributed by atoms with Gasteiger partial charge < -0.3 is 14.7 Å². The largest absolute Gasteiger partial charge is 0.464 e. The van der Waals surface area contributed by atoms with Crippen LogP contribution in [0.5, 0.6) is 0 Å². The summed E-state index contributed by atoms with van der Waals surface area (Å²) in [7, 11) is 0. The van der Waals surface area contributed by atoms with E-state index in [0.717, 1.165) is 11.6 Å². The number of halogens is 3. The smallest absolute Gasteiger partial charge is 0.249 e. The molecule has 154 valence electrons. The van der Waals surface area contributed by atoms with Gasteiger partial charge in [-0.25, -0.2) is 13.2 Å². The first-order valence-electron chi connectivity index (χ1n) is 9.46. The number of benzene rings is 3. The van der Waals surface area contributed by atoms with E-state index in [0.29, 0.717) is 39.2 Å². The molecule has 2 N–H and O–H groups in total. The van der Waals surface area contributed by atoms with Crippen LogP contribution in [0.3, 0.4) is 0 Å². The van der Waals surface area contributed by atoms with Crippen molar-refractivity contribution in [2.24, 2.45) is 5.73 Å². The van der Waals surface area contributed by atoms with Gasteiger partial charge in [0.15, 0.2) is 11.6 Å². The minimum Gasteiger partial charge on any atom is -0.464 e. The van der Waals surface area contributed by atoms with E-state index in [1.54, 1.807) is 41.2 Å². The van der Waals surface area contributed by atoms with Gasteiger partial charge in [-0.3, -0.25) is 4.79 Å². The second-order valence-corrected chi connectivity index (χ2v) is 7.22. The molecule has 0 unspecified atom stereocenters. The van der Waals surface area contributed by atoms with E-state index in [4.69, 9.17) is 10.2 Å². The Kier molecular flexibility index (Phi) is 4.32. The third-order valence-electron chi connectivity index (χ3n) is 5.36. The summed E-state index contributed by atoms with van der Waals surface area (Å²) in [6.07, 6.45) is 1.55. The van der Waals surface area contributed by atoms with Crippen molar-refractivity contribution in [2.75, 3.05) is 0 Å². The van der Waals surface area contributed by atoms with E-state index in [1.807, 2.05) is 18.2 Å². The molecule has 0 atom stereocenters. The Morgan fingerprint density at radius 3 is 2.55 bits per heavy atom. The van der Waals surface area contributed by atoms with Crippen LogP contribution < -0.4 is 5.73 Å². The number of hydrogen-bond donors (Lipinski definition) is 1. The van der Waals surface area contributed by atoms with Crippen LogP contribution in [0.2, 0.25) is 0 Å². The van der Waals surface area contributed by atoms with Crippen LogP contribution >= 0.6 is 0 Å². The molecule has 2 aromatic heterocycles. The number of amides is 1. The molecule has 0 saturated heterocycles. The van der Waals surface area contributed by atoms with Crippen molar-refractivity contribution >= 4 is 27.7 Å². The predicted molar refractivity (Wildman–Crippen MR) is 111 cm³/mol. The molecule has 1 amide bonds. The average molecular weight is 420 g/mol. The van der Waals surface area contributed by atoms with Gasteiger partial charge in [0, 0.05) is 33.5 Å². The summed E-state index contributed by atoms with van der Waals surface area (Å²) in [6.45, 7) is -0.148. The molecule has 4 nitrogen and oxygen atoms in total. The molecule has 0 spiro atoms. The summed E-state index contributed by atoms with van der Waals surface area (Å²) in [4.78, 5) is 12.1. The summed E-state index contributed by atoms with van der Waals surface area (Å²) in [5.41, 5.74) is 7.72. The third-order valence-corrected chi connectivity index (χ3v) is 5.36. The van der Waals surface area contributed by atoms with Crippen molar-refractivity contribution in [3.8, 4) is 11.3 Å². The maximum atomic E-state index is 14.4. The number of nitrogens with zero attached hydrogens (tertiary/aromatic N) is 1. The van der Waals surface area contributed by atoms with Crippen molar-refractivity contribution in [3.63, 3.8) is 0 Å². The minimum atomic E-state index is -1.26. The highest BCUT2D eigenvalue weighted by Crippen LogP contribution is 2.35. The lowest BCUT2D eigenvalue weighted by atomic mass is 10.0. The number of hydrogen-bond acceptors (Lipinski definition) is 2. The van der Waals surface area contributed by atoms with Crippen LogP contribution in [0.15, 0.2) is 71.3 Å². The lowest BCUT2D eigenvalue weighted by Gasteiger charge is -2.10. The molecule has 0 radical (unpaired) electrons. The first kappa shape index (κ1) is 19.0. The van der Waals surface area contributed by atoms with Gasteiger partial charge in [0.25, 0.3) is 0 Å². The van der Waals surface area contributed by atoms with Crippen molar-refractivity contribution in [1.29, 1.82) is 0 Å². The zero-order valence-corrected chi connectivity index (χ0v) is 16.0. The van der Waals surface area contributed by atoms with E-state index in [9.17, 15) is 18.0 Å². The molecule has 7 heteroatoms. The van der Waals surface area contributed by atoms with Crippen LogP contribution in [0.4, 0.5) is 13.2 Å². The van der Waals surface area contributed by atoms with Crippen LogP contribution in [0.1, 0.15) is 15.9 Å². The minimum absolute atomic E-state index is 0.148. The van der Waals surface area contributed by atoms with E-state index in [1.165, 1.54) is 0 Å². The molecule has 0 aliphatic carbocycles. The average Bonchev–Trinajstić information content (AvgIpc) is 3.38. The fourth-order valence-corrected chi connectivity index (χ4v) is 4.01. The van der Waals surface area contributed by atoms with Crippen molar-refractivity contribution in [1.82, 2.24) is 4.57 Å². The van der Waals surface area contributed by atoms with Gasteiger partial charge >= 0.3 is 0 Å². The molecule has 5 aromatic rings. The van der Waals surface area contributed by atoms with E-state index in [-0.39, 0.29) is 12.1 Å². The zero-order chi connectivity index (χ0) is 21.7. The highest BCUT2D eigenvalue weighted by molar-refractivity contribution is 6.18. The Morgan fingerprint density at radius 1 is 0.968 bits per heavy atom. The fourth-order valence-electron chi connectivity index (χ4n) is 4.01. The first-order chi connectivity index (χ1) is 14.9. The fraction of sp³-hybridized carbons (Fsp3) is 0.0417. The summed E-state index contributed by atoms with van der Waals surface area (Å²) in [5.74, 6) is -3.24. The van der Waals surface area contributed by atoms with Crippen molar-refractivity contribution in [2.45, 2.75) is 6.54 Å². The Morgan fingerprint density at radius 2 is 1.81 bits per heavy atom. The summed E-state index contributed by atoms with van der Waals surface area (Å²) < 4.78 is 49.2. The third kappa shape index (κ3) is 3.06. The number of carbonyl (C=O) groups excluding carboxylic acids is 1. The number of aromatic nitrogens is 1. The summed E-state index contributed by atoms with van der Waals surface area (Å²) in [5, 5.41) is 1.30. The molecular formula is C24H15F3N2O2. The molecule has 0 saturated carbocycles. The number of furan rings is 1. The first-order valence-corrected chi connectivity index (χ1v) is 9.46. The predicted octanol–water partition coefficient (Wildman–Crippen LogP) is 5.62. The Balaban J connectivity index is 1.83. The SMILES string of the molecule is NC(=O)c1cccc2c1c1ccc(-c3ccco3)cc1n2Cc1cc(F)cc(F)c1F. The van der Waals surface area contributed by atoms with Gasteiger partial charge in [-0.15, -0.1) is 0 Å². The van der Waals surface area contributed by atoms with E-state index in [2.05, 4.69) is 0 Å². The maximum Gasteiger partial charge on any atom is 0.249 e. The molecule has 0 bridgehead atoms. The monoisotopic (exact) mass is 420 g/mol. The van der Waals surface area contributed by atoms with Crippen LogP contribution in [-0.4, -0.2) is 10.5 Å². The molecule has 0 aliphatic heterocycles. The Hall–Kier alpha value is -4.00.